The first-order valence-corrected chi connectivity index (χ1v) is 12.3. The van der Waals surface area contributed by atoms with Crippen LogP contribution in [0.3, 0.4) is 0 Å². The van der Waals surface area contributed by atoms with Crippen LogP contribution in [0.1, 0.15) is 36.2 Å². The van der Waals surface area contributed by atoms with Gasteiger partial charge in [0.05, 0.1) is 11.9 Å². The number of fused-ring (bicyclic) bond motifs is 2. The molecule has 3 aromatic rings. The fourth-order valence-corrected chi connectivity index (χ4v) is 5.33. The van der Waals surface area contributed by atoms with Crippen molar-refractivity contribution in [3.8, 4) is 34.8 Å². The van der Waals surface area contributed by atoms with Crippen molar-refractivity contribution < 1.29 is 9.53 Å². The van der Waals surface area contributed by atoms with E-state index in [9.17, 15) is 10.1 Å². The van der Waals surface area contributed by atoms with Crippen LogP contribution in [-0.2, 0) is 18.4 Å². The molecule has 1 N–H and O–H groups in total. The van der Waals surface area contributed by atoms with Gasteiger partial charge >= 0.3 is 0 Å². The molecule has 6 heterocycles. The van der Waals surface area contributed by atoms with Gasteiger partial charge in [0, 0.05) is 74.4 Å². The van der Waals surface area contributed by atoms with Crippen LogP contribution in [-0.4, -0.2) is 67.7 Å². The molecule has 186 valence electrons. The Morgan fingerprint density at radius 2 is 2.16 bits per heavy atom. The molecule has 2 saturated heterocycles. The van der Waals surface area contributed by atoms with E-state index in [2.05, 4.69) is 43.2 Å². The molecule has 0 bridgehead atoms. The van der Waals surface area contributed by atoms with E-state index in [1.165, 1.54) is 0 Å². The maximum atomic E-state index is 12.1. The molecule has 2 fully saturated rings. The predicted molar refractivity (Wildman–Crippen MR) is 136 cm³/mol. The van der Waals surface area contributed by atoms with E-state index < -0.39 is 0 Å². The van der Waals surface area contributed by atoms with Gasteiger partial charge in [-0.05, 0) is 37.0 Å². The van der Waals surface area contributed by atoms with Gasteiger partial charge in [0.25, 0.3) is 5.91 Å². The number of carbonyl (C=O) groups excluding carboxylic acids is 1. The van der Waals surface area contributed by atoms with Crippen molar-refractivity contribution in [1.82, 2.24) is 29.5 Å². The number of pyridine rings is 2. The quantitative estimate of drug-likeness (QED) is 0.553. The molecule has 37 heavy (non-hydrogen) atoms. The lowest BCUT2D eigenvalue weighted by Crippen LogP contribution is -2.52. The summed E-state index contributed by atoms with van der Waals surface area (Å²) in [5.41, 5.74) is 4.68. The number of rotatable bonds is 3. The van der Waals surface area contributed by atoms with Crippen molar-refractivity contribution in [2.45, 2.75) is 31.9 Å². The van der Waals surface area contributed by atoms with E-state index in [-0.39, 0.29) is 24.1 Å². The maximum absolute atomic E-state index is 12.1. The first-order valence-electron chi connectivity index (χ1n) is 12.3. The average molecular weight is 495 g/mol. The second-order valence-corrected chi connectivity index (χ2v) is 9.61. The van der Waals surface area contributed by atoms with E-state index in [1.807, 2.05) is 36.5 Å². The van der Waals surface area contributed by atoms with E-state index in [4.69, 9.17) is 4.74 Å². The summed E-state index contributed by atoms with van der Waals surface area (Å²) < 4.78 is 7.89. The van der Waals surface area contributed by atoms with Crippen molar-refractivity contribution in [3.63, 3.8) is 0 Å². The molecule has 6 rings (SSSR count). The van der Waals surface area contributed by atoms with Gasteiger partial charge in [-0.15, -0.1) is 0 Å². The van der Waals surface area contributed by atoms with Crippen LogP contribution in [0.2, 0.25) is 0 Å². The molecule has 1 amide bonds. The minimum atomic E-state index is -0.0974. The van der Waals surface area contributed by atoms with Crippen LogP contribution in [0, 0.1) is 23.2 Å². The number of nitrogens with one attached hydrogen (secondary N) is 1. The third kappa shape index (κ3) is 4.15. The molecule has 0 aliphatic carbocycles. The summed E-state index contributed by atoms with van der Waals surface area (Å²) in [5, 5.41) is 17.6. The zero-order chi connectivity index (χ0) is 25.5. The lowest BCUT2D eigenvalue weighted by atomic mass is 9.92. The standard InChI is InChI=1S/C27H26N8O2/c1-3-4-25(36)34-8-6-19(15-34)35-13-18(14-35)22-9-23-26(24(10-28)31-22)37-16-21-20(5-7-29-27(21)32-23)17-11-30-33(2)12-17/h5,7,9,11-12,18-19H,6,8,13-16H2,1-2H3,(H,29,32). The number of nitrogens with zero attached hydrogens (tertiary/aromatic N) is 7. The molecular formula is C27H26N8O2. The van der Waals surface area contributed by atoms with Crippen molar-refractivity contribution in [3.05, 3.63) is 47.7 Å². The molecule has 0 radical (unpaired) electrons. The number of anilines is 2. The molecule has 3 aliphatic rings. The highest BCUT2D eigenvalue weighted by atomic mass is 16.5. The lowest BCUT2D eigenvalue weighted by molar-refractivity contribution is -0.124. The van der Waals surface area contributed by atoms with Gasteiger partial charge in [0.2, 0.25) is 0 Å². The van der Waals surface area contributed by atoms with E-state index in [0.717, 1.165) is 48.4 Å². The Hall–Kier alpha value is -4.41. The number of likely N-dealkylation sites (tertiary alicyclic amines) is 2. The number of nitriles is 1. The summed E-state index contributed by atoms with van der Waals surface area (Å²) in [4.78, 5) is 25.5. The fraction of sp³-hybridized carbons (Fsp3) is 0.370. The molecule has 3 aromatic heterocycles. The second kappa shape index (κ2) is 9.23. The summed E-state index contributed by atoms with van der Waals surface area (Å²) in [6, 6.07) is 6.48. The molecule has 10 heteroatoms. The zero-order valence-corrected chi connectivity index (χ0v) is 20.7. The van der Waals surface area contributed by atoms with E-state index >= 15 is 0 Å². The number of ether oxygens (including phenoxy) is 1. The third-order valence-electron chi connectivity index (χ3n) is 7.31. The third-order valence-corrected chi connectivity index (χ3v) is 7.31. The highest BCUT2D eigenvalue weighted by Crippen LogP contribution is 2.41. The van der Waals surface area contributed by atoms with Crippen molar-refractivity contribution in [2.75, 3.05) is 31.5 Å². The van der Waals surface area contributed by atoms with Crippen molar-refractivity contribution in [2.24, 2.45) is 7.05 Å². The highest BCUT2D eigenvalue weighted by Gasteiger charge is 2.39. The Morgan fingerprint density at radius 3 is 2.92 bits per heavy atom. The summed E-state index contributed by atoms with van der Waals surface area (Å²) in [6.07, 6.45) is 6.47. The van der Waals surface area contributed by atoms with Gasteiger partial charge in [-0.3, -0.25) is 14.4 Å². The molecular weight excluding hydrogens is 468 g/mol. The Balaban J connectivity index is 1.22. The van der Waals surface area contributed by atoms with Crippen LogP contribution >= 0.6 is 0 Å². The summed E-state index contributed by atoms with van der Waals surface area (Å²) in [6.45, 7) is 5.07. The molecule has 3 aliphatic heterocycles. The fourth-order valence-electron chi connectivity index (χ4n) is 5.33. The molecule has 0 saturated carbocycles. The number of aryl methyl sites for hydroxylation is 1. The van der Waals surface area contributed by atoms with Crippen molar-refractivity contribution in [1.29, 1.82) is 5.26 Å². The number of carbonyl (C=O) groups is 1. The maximum Gasteiger partial charge on any atom is 0.298 e. The van der Waals surface area contributed by atoms with E-state index in [1.54, 1.807) is 17.8 Å². The molecule has 1 unspecified atom stereocenters. The highest BCUT2D eigenvalue weighted by molar-refractivity contribution is 5.93. The average Bonchev–Trinajstić information content (AvgIpc) is 3.48. The first-order chi connectivity index (χ1) is 18.0. The molecule has 0 spiro atoms. The van der Waals surface area contributed by atoms with Crippen LogP contribution in [0.5, 0.6) is 5.75 Å². The van der Waals surface area contributed by atoms with Gasteiger partial charge in [-0.25, -0.2) is 9.97 Å². The van der Waals surface area contributed by atoms with Crippen LogP contribution in [0.4, 0.5) is 11.5 Å². The van der Waals surface area contributed by atoms with Gasteiger partial charge in [0.1, 0.15) is 18.5 Å². The minimum absolute atomic E-state index is 0.0974. The summed E-state index contributed by atoms with van der Waals surface area (Å²) >= 11 is 0. The predicted octanol–water partition coefficient (Wildman–Crippen LogP) is 2.41. The van der Waals surface area contributed by atoms with Gasteiger partial charge < -0.3 is 15.0 Å². The minimum Gasteiger partial charge on any atom is -0.483 e. The van der Waals surface area contributed by atoms with Crippen molar-refractivity contribution >= 4 is 17.4 Å². The molecule has 1 atom stereocenters. The van der Waals surface area contributed by atoms with E-state index in [0.29, 0.717) is 29.8 Å². The monoisotopic (exact) mass is 494 g/mol. The number of amides is 1. The van der Waals surface area contributed by atoms with Crippen LogP contribution in [0.15, 0.2) is 30.7 Å². The molecule has 10 nitrogen and oxygen atoms in total. The Labute approximate surface area is 214 Å². The summed E-state index contributed by atoms with van der Waals surface area (Å²) in [7, 11) is 1.88. The first kappa shape index (κ1) is 23.0. The van der Waals surface area contributed by atoms with Crippen LogP contribution in [0.25, 0.3) is 11.1 Å². The smallest absolute Gasteiger partial charge is 0.298 e. The van der Waals surface area contributed by atoms with Gasteiger partial charge in [-0.1, -0.05) is 5.92 Å². The lowest BCUT2D eigenvalue weighted by Gasteiger charge is -2.43. The topological polar surface area (TPSA) is 112 Å². The normalized spacial score (nSPS) is 18.7. The van der Waals surface area contributed by atoms with Gasteiger partial charge in [0.15, 0.2) is 11.4 Å². The van der Waals surface area contributed by atoms with Crippen LogP contribution < -0.4 is 10.1 Å². The number of hydrogen-bond acceptors (Lipinski definition) is 8. The second-order valence-electron chi connectivity index (χ2n) is 9.61. The number of hydrogen-bond donors (Lipinski definition) is 1. The Morgan fingerprint density at radius 1 is 1.30 bits per heavy atom. The SMILES string of the molecule is CC#CC(=O)N1CCC(N2CC(c3cc4c(c(C#N)n3)OCc3c(-c5cnn(C)c5)ccnc3N4)C2)C1. The molecule has 0 aromatic carbocycles. The number of aromatic nitrogens is 4. The largest absolute Gasteiger partial charge is 0.483 e. The Bertz CT molecular complexity index is 1490. The zero-order valence-electron chi connectivity index (χ0n) is 20.7. The van der Waals surface area contributed by atoms with Gasteiger partial charge in [-0.2, -0.15) is 10.4 Å². The summed E-state index contributed by atoms with van der Waals surface area (Å²) in [5.74, 6) is 6.57. The Kier molecular flexibility index (Phi) is 5.74.